The molecule has 3 unspecified atom stereocenters. The van der Waals surface area contributed by atoms with Gasteiger partial charge in [-0.15, -0.1) is 0 Å². The van der Waals surface area contributed by atoms with Gasteiger partial charge in [-0.1, -0.05) is 13.0 Å². The molecular weight excluding hydrogens is 255 g/mol. The van der Waals surface area contributed by atoms with E-state index in [0.29, 0.717) is 13.0 Å². The minimum Gasteiger partial charge on any atom is -0.375 e. The van der Waals surface area contributed by atoms with Crippen LogP contribution < -0.4 is 10.6 Å². The van der Waals surface area contributed by atoms with Crippen LogP contribution in [-0.2, 0) is 11.2 Å². The van der Waals surface area contributed by atoms with Gasteiger partial charge in [-0.25, -0.2) is 4.39 Å². The van der Waals surface area contributed by atoms with Crippen molar-refractivity contribution in [2.75, 3.05) is 18.1 Å². The molecule has 2 rings (SSSR count). The fourth-order valence-electron chi connectivity index (χ4n) is 2.66. The summed E-state index contributed by atoms with van der Waals surface area (Å²) in [5.41, 5.74) is 7.73. The highest BCUT2D eigenvalue weighted by Crippen LogP contribution is 2.28. The summed E-state index contributed by atoms with van der Waals surface area (Å²) < 4.78 is 19.9. The maximum Gasteiger partial charge on any atom is 0.128 e. The zero-order valence-electron chi connectivity index (χ0n) is 12.6. The van der Waals surface area contributed by atoms with Crippen LogP contribution >= 0.6 is 0 Å². The lowest BCUT2D eigenvalue weighted by atomic mass is 10.00. The molecule has 0 amide bonds. The molecule has 0 aromatic heterocycles. The van der Waals surface area contributed by atoms with Crippen LogP contribution in [0.15, 0.2) is 18.2 Å². The molecule has 1 aliphatic rings. The van der Waals surface area contributed by atoms with Crippen LogP contribution in [0.5, 0.6) is 0 Å². The number of hydrogen-bond acceptors (Lipinski definition) is 3. The standard InChI is InChI=1S/C16H25FN2O/c1-4-13(18)8-14-15(17)6-5-7-16(14)19-9-12(3)20-10-11(19)2/h5-7,11-13H,4,8-10,18H2,1-3H3. The summed E-state index contributed by atoms with van der Waals surface area (Å²) >= 11 is 0. The van der Waals surface area contributed by atoms with Crippen molar-refractivity contribution in [2.24, 2.45) is 5.73 Å². The molecular formula is C16H25FN2O. The monoisotopic (exact) mass is 280 g/mol. The second kappa shape index (κ2) is 6.55. The molecule has 1 aliphatic heterocycles. The Morgan fingerprint density at radius 1 is 1.45 bits per heavy atom. The van der Waals surface area contributed by atoms with Crippen LogP contribution in [0.25, 0.3) is 0 Å². The Labute approximate surface area is 120 Å². The summed E-state index contributed by atoms with van der Waals surface area (Å²) in [4.78, 5) is 2.24. The lowest BCUT2D eigenvalue weighted by Gasteiger charge is -2.39. The Kier molecular flexibility index (Phi) is 5.00. The molecule has 112 valence electrons. The molecule has 3 atom stereocenters. The normalized spacial score (nSPS) is 24.8. The van der Waals surface area contributed by atoms with Crippen molar-refractivity contribution in [3.63, 3.8) is 0 Å². The van der Waals surface area contributed by atoms with Gasteiger partial charge in [0.25, 0.3) is 0 Å². The molecule has 1 saturated heterocycles. The van der Waals surface area contributed by atoms with Crippen LogP contribution in [0, 0.1) is 5.82 Å². The van der Waals surface area contributed by atoms with Gasteiger partial charge in [-0.3, -0.25) is 0 Å². The van der Waals surface area contributed by atoms with Gasteiger partial charge in [0.15, 0.2) is 0 Å². The van der Waals surface area contributed by atoms with E-state index in [1.165, 1.54) is 6.07 Å². The first kappa shape index (κ1) is 15.3. The summed E-state index contributed by atoms with van der Waals surface area (Å²) in [6.45, 7) is 7.66. The van der Waals surface area contributed by atoms with E-state index in [9.17, 15) is 4.39 Å². The lowest BCUT2D eigenvalue weighted by molar-refractivity contribution is 0.0343. The number of halogens is 1. The fraction of sp³-hybridized carbons (Fsp3) is 0.625. The average molecular weight is 280 g/mol. The Morgan fingerprint density at radius 3 is 2.90 bits per heavy atom. The van der Waals surface area contributed by atoms with Gasteiger partial charge in [0.2, 0.25) is 0 Å². The van der Waals surface area contributed by atoms with Crippen molar-refractivity contribution in [3.05, 3.63) is 29.6 Å². The Balaban J connectivity index is 2.32. The van der Waals surface area contributed by atoms with Gasteiger partial charge in [-0.2, -0.15) is 0 Å². The summed E-state index contributed by atoms with van der Waals surface area (Å²) in [7, 11) is 0. The first-order chi connectivity index (χ1) is 9.52. The zero-order valence-corrected chi connectivity index (χ0v) is 12.6. The van der Waals surface area contributed by atoms with Gasteiger partial charge >= 0.3 is 0 Å². The van der Waals surface area contributed by atoms with Crippen molar-refractivity contribution >= 4 is 5.69 Å². The Morgan fingerprint density at radius 2 is 2.20 bits per heavy atom. The summed E-state index contributed by atoms with van der Waals surface area (Å²) in [5, 5.41) is 0. The second-order valence-electron chi connectivity index (χ2n) is 5.76. The van der Waals surface area contributed by atoms with Gasteiger partial charge < -0.3 is 15.4 Å². The molecule has 0 bridgehead atoms. The number of morpholine rings is 1. The number of nitrogens with two attached hydrogens (primary N) is 1. The maximum atomic E-state index is 14.2. The van der Waals surface area contributed by atoms with Crippen molar-refractivity contribution in [2.45, 2.75) is 51.8 Å². The van der Waals surface area contributed by atoms with Crippen molar-refractivity contribution in [1.82, 2.24) is 0 Å². The highest BCUT2D eigenvalue weighted by Gasteiger charge is 2.26. The van der Waals surface area contributed by atoms with E-state index in [0.717, 1.165) is 24.2 Å². The quantitative estimate of drug-likeness (QED) is 0.921. The first-order valence-electron chi connectivity index (χ1n) is 7.44. The van der Waals surface area contributed by atoms with Crippen molar-refractivity contribution in [3.8, 4) is 0 Å². The fourth-order valence-corrected chi connectivity index (χ4v) is 2.66. The van der Waals surface area contributed by atoms with Crippen LogP contribution in [0.3, 0.4) is 0 Å². The van der Waals surface area contributed by atoms with E-state index in [2.05, 4.69) is 18.7 Å². The van der Waals surface area contributed by atoms with Gasteiger partial charge in [0.05, 0.1) is 12.7 Å². The molecule has 0 spiro atoms. The predicted octanol–water partition coefficient (Wildman–Crippen LogP) is 2.72. The van der Waals surface area contributed by atoms with Crippen LogP contribution in [0.1, 0.15) is 32.8 Å². The number of ether oxygens (including phenoxy) is 1. The number of anilines is 1. The molecule has 1 fully saturated rings. The number of benzene rings is 1. The highest BCUT2D eigenvalue weighted by molar-refractivity contribution is 5.55. The van der Waals surface area contributed by atoms with Crippen LogP contribution in [0.4, 0.5) is 10.1 Å². The largest absolute Gasteiger partial charge is 0.375 e. The Bertz CT molecular complexity index is 452. The van der Waals surface area contributed by atoms with Crippen molar-refractivity contribution < 1.29 is 9.13 Å². The molecule has 1 aromatic rings. The van der Waals surface area contributed by atoms with E-state index in [1.807, 2.05) is 13.0 Å². The molecule has 3 nitrogen and oxygen atoms in total. The zero-order chi connectivity index (χ0) is 14.7. The van der Waals surface area contributed by atoms with Gasteiger partial charge in [0, 0.05) is 29.9 Å². The third-order valence-corrected chi connectivity index (χ3v) is 4.00. The topological polar surface area (TPSA) is 38.5 Å². The molecule has 20 heavy (non-hydrogen) atoms. The number of rotatable bonds is 4. The van der Waals surface area contributed by atoms with Crippen LogP contribution in [0.2, 0.25) is 0 Å². The highest BCUT2D eigenvalue weighted by atomic mass is 19.1. The molecule has 0 radical (unpaired) electrons. The molecule has 1 aromatic carbocycles. The average Bonchev–Trinajstić information content (AvgIpc) is 2.43. The number of hydrogen-bond donors (Lipinski definition) is 1. The van der Waals surface area contributed by atoms with E-state index in [1.54, 1.807) is 6.07 Å². The number of nitrogens with zero attached hydrogens (tertiary/aromatic N) is 1. The van der Waals surface area contributed by atoms with E-state index in [-0.39, 0.29) is 24.0 Å². The van der Waals surface area contributed by atoms with E-state index < -0.39 is 0 Å². The lowest BCUT2D eigenvalue weighted by Crippen LogP contribution is -2.48. The molecule has 4 heteroatoms. The van der Waals surface area contributed by atoms with Crippen molar-refractivity contribution in [1.29, 1.82) is 0 Å². The SMILES string of the molecule is CCC(N)Cc1c(F)cccc1N1CC(C)OCC1C. The van der Waals surface area contributed by atoms with Gasteiger partial charge in [-0.05, 0) is 38.8 Å². The Hall–Kier alpha value is -1.13. The maximum absolute atomic E-state index is 14.2. The third kappa shape index (κ3) is 3.30. The van der Waals surface area contributed by atoms with E-state index >= 15 is 0 Å². The summed E-state index contributed by atoms with van der Waals surface area (Å²) in [6.07, 6.45) is 1.60. The van der Waals surface area contributed by atoms with Crippen LogP contribution in [-0.4, -0.2) is 31.3 Å². The first-order valence-corrected chi connectivity index (χ1v) is 7.44. The third-order valence-electron chi connectivity index (χ3n) is 4.00. The van der Waals surface area contributed by atoms with Gasteiger partial charge in [0.1, 0.15) is 5.82 Å². The summed E-state index contributed by atoms with van der Waals surface area (Å²) in [5.74, 6) is -0.155. The second-order valence-corrected chi connectivity index (χ2v) is 5.76. The minimum atomic E-state index is -0.155. The molecule has 1 heterocycles. The predicted molar refractivity (Wildman–Crippen MR) is 80.6 cm³/mol. The van der Waals surface area contributed by atoms with E-state index in [4.69, 9.17) is 10.5 Å². The minimum absolute atomic E-state index is 0.000537. The smallest absolute Gasteiger partial charge is 0.128 e. The molecule has 0 saturated carbocycles. The molecule has 2 N–H and O–H groups in total. The summed E-state index contributed by atoms with van der Waals surface area (Å²) in [6, 6.07) is 5.55. The molecule has 0 aliphatic carbocycles.